The molecule has 0 amide bonds. The fourth-order valence-electron chi connectivity index (χ4n) is 10.0. The number of esters is 3. The monoisotopic (exact) mass is 1100 g/mol. The highest BCUT2D eigenvalue weighted by Crippen LogP contribution is 2.17. The molecule has 0 aliphatic heterocycles. The van der Waals surface area contributed by atoms with Crippen molar-refractivity contribution in [3.05, 3.63) is 72.9 Å². The molecule has 1 atom stereocenters. The molecule has 0 aliphatic carbocycles. The molecule has 0 saturated heterocycles. The molecule has 1 unspecified atom stereocenters. The molecule has 0 aliphatic rings. The van der Waals surface area contributed by atoms with Gasteiger partial charge in [0.05, 0.1) is 0 Å². The maximum Gasteiger partial charge on any atom is 0.306 e. The van der Waals surface area contributed by atoms with Gasteiger partial charge in [0.1, 0.15) is 13.2 Å². The summed E-state index contributed by atoms with van der Waals surface area (Å²) >= 11 is 0. The molecule has 6 heteroatoms. The van der Waals surface area contributed by atoms with E-state index in [4.69, 9.17) is 14.2 Å². The molecule has 0 aromatic carbocycles. The van der Waals surface area contributed by atoms with Crippen LogP contribution < -0.4 is 0 Å². The molecule has 458 valence electrons. The highest BCUT2D eigenvalue weighted by Gasteiger charge is 2.19. The van der Waals surface area contributed by atoms with Gasteiger partial charge >= 0.3 is 17.9 Å². The standard InChI is InChI=1S/C73H130O6/c1-4-7-10-13-16-19-22-24-26-28-30-32-34-35-36-37-39-40-42-44-46-48-51-54-57-60-63-66-72(75)78-69-70(68-77-71(74)65-62-59-56-53-50-21-18-15-12-9-6-3)79-73(76)67-64-61-58-55-52-49-47-45-43-41-38-33-31-29-27-25-23-20-17-14-11-8-5-2/h8,11,15,17-18,20,25,27-28,30-31,33,70H,4-7,9-10,12-14,16,19,21-24,26,29,32,34-69H2,1-3H3/b11-8-,18-15-,20-17-,27-25-,30-28-,33-31-. The number of carbonyl (C=O) groups excluding carboxylic acids is 3. The summed E-state index contributed by atoms with van der Waals surface area (Å²) in [5.74, 6) is -0.874. The van der Waals surface area contributed by atoms with Gasteiger partial charge in [0.2, 0.25) is 0 Å². The van der Waals surface area contributed by atoms with Crippen molar-refractivity contribution in [2.45, 2.75) is 361 Å². The fraction of sp³-hybridized carbons (Fsp3) is 0.795. The summed E-state index contributed by atoms with van der Waals surface area (Å²) in [6.07, 6.45) is 87.9. The highest BCUT2D eigenvalue weighted by atomic mass is 16.6. The first kappa shape index (κ1) is 75.8. The van der Waals surface area contributed by atoms with E-state index in [9.17, 15) is 14.4 Å². The molecule has 0 radical (unpaired) electrons. The Morgan fingerprint density at radius 3 is 0.823 bits per heavy atom. The van der Waals surface area contributed by atoms with Gasteiger partial charge in [-0.1, -0.05) is 306 Å². The van der Waals surface area contributed by atoms with Gasteiger partial charge in [0.15, 0.2) is 6.10 Å². The van der Waals surface area contributed by atoms with Crippen LogP contribution in [0.15, 0.2) is 72.9 Å². The van der Waals surface area contributed by atoms with E-state index >= 15 is 0 Å². The first-order valence-corrected chi connectivity index (χ1v) is 34.4. The van der Waals surface area contributed by atoms with Crippen molar-refractivity contribution in [2.24, 2.45) is 0 Å². The SMILES string of the molecule is CC/C=C\C/C=C\C/C=C\C/C=C\CCCCCCCCCCCCC(=O)OC(COC(=O)CCCCCCC/C=C\CCCC)COC(=O)CCCCCCCCCCCCCCCCC/C=C\CCCCCCCCCC. The summed E-state index contributed by atoms with van der Waals surface area (Å²) in [6, 6.07) is 0. The van der Waals surface area contributed by atoms with Gasteiger partial charge in [0, 0.05) is 19.3 Å². The van der Waals surface area contributed by atoms with Crippen LogP contribution in [0.25, 0.3) is 0 Å². The van der Waals surface area contributed by atoms with Crippen LogP contribution in [0, 0.1) is 0 Å². The third kappa shape index (κ3) is 65.5. The van der Waals surface area contributed by atoms with E-state index in [0.717, 1.165) is 89.9 Å². The highest BCUT2D eigenvalue weighted by molar-refractivity contribution is 5.71. The number of ether oxygens (including phenoxy) is 3. The molecule has 79 heavy (non-hydrogen) atoms. The molecule has 0 aromatic heterocycles. The van der Waals surface area contributed by atoms with Crippen LogP contribution in [-0.4, -0.2) is 37.2 Å². The summed E-state index contributed by atoms with van der Waals surface area (Å²) in [7, 11) is 0. The summed E-state index contributed by atoms with van der Waals surface area (Å²) in [6.45, 7) is 6.53. The summed E-state index contributed by atoms with van der Waals surface area (Å²) in [5.41, 5.74) is 0. The van der Waals surface area contributed by atoms with Crippen LogP contribution in [0.4, 0.5) is 0 Å². The quantitative estimate of drug-likeness (QED) is 0.0261. The Hall–Kier alpha value is -3.15. The molecule has 0 rings (SSSR count). The maximum absolute atomic E-state index is 12.9. The van der Waals surface area contributed by atoms with Crippen LogP contribution in [0.3, 0.4) is 0 Å². The molecule has 0 saturated carbocycles. The van der Waals surface area contributed by atoms with E-state index in [1.807, 2.05) is 0 Å². The molecule has 0 fully saturated rings. The Labute approximate surface area is 491 Å². The van der Waals surface area contributed by atoms with Crippen molar-refractivity contribution in [1.82, 2.24) is 0 Å². The van der Waals surface area contributed by atoms with E-state index in [-0.39, 0.29) is 31.1 Å². The van der Waals surface area contributed by atoms with E-state index < -0.39 is 6.10 Å². The number of carbonyl (C=O) groups is 3. The van der Waals surface area contributed by atoms with Gasteiger partial charge in [-0.2, -0.15) is 0 Å². The van der Waals surface area contributed by atoms with Crippen LogP contribution in [0.5, 0.6) is 0 Å². The van der Waals surface area contributed by atoms with Gasteiger partial charge in [-0.3, -0.25) is 14.4 Å². The number of allylic oxidation sites excluding steroid dienone is 12. The van der Waals surface area contributed by atoms with Gasteiger partial charge in [-0.05, 0) is 103 Å². The zero-order valence-corrected chi connectivity index (χ0v) is 52.6. The number of rotatable bonds is 63. The van der Waals surface area contributed by atoms with Crippen molar-refractivity contribution in [3.8, 4) is 0 Å². The second-order valence-corrected chi connectivity index (χ2v) is 23.1. The fourth-order valence-corrected chi connectivity index (χ4v) is 10.0. The van der Waals surface area contributed by atoms with E-state index in [2.05, 4.69) is 93.7 Å². The largest absolute Gasteiger partial charge is 0.462 e. The zero-order valence-electron chi connectivity index (χ0n) is 52.6. The van der Waals surface area contributed by atoms with Crippen molar-refractivity contribution >= 4 is 17.9 Å². The lowest BCUT2D eigenvalue weighted by molar-refractivity contribution is -0.167. The van der Waals surface area contributed by atoms with E-state index in [1.165, 1.54) is 225 Å². The third-order valence-corrected chi connectivity index (χ3v) is 15.2. The van der Waals surface area contributed by atoms with E-state index in [1.54, 1.807) is 0 Å². The molecule has 0 aromatic rings. The lowest BCUT2D eigenvalue weighted by Crippen LogP contribution is -2.30. The molecule has 0 spiro atoms. The number of unbranched alkanes of at least 4 members (excludes halogenated alkanes) is 40. The second-order valence-electron chi connectivity index (χ2n) is 23.1. The predicted molar refractivity (Wildman–Crippen MR) is 344 cm³/mol. The summed E-state index contributed by atoms with van der Waals surface area (Å²) in [4.78, 5) is 38.3. The van der Waals surface area contributed by atoms with Crippen molar-refractivity contribution < 1.29 is 28.6 Å². The minimum Gasteiger partial charge on any atom is -0.462 e. The Kier molecular flexibility index (Phi) is 64.7. The zero-order chi connectivity index (χ0) is 57.1. The van der Waals surface area contributed by atoms with Gasteiger partial charge in [-0.15, -0.1) is 0 Å². The Morgan fingerprint density at radius 2 is 0.506 bits per heavy atom. The first-order valence-electron chi connectivity index (χ1n) is 34.4. The van der Waals surface area contributed by atoms with Crippen molar-refractivity contribution in [3.63, 3.8) is 0 Å². The molecule has 0 N–H and O–H groups in total. The minimum absolute atomic E-state index is 0.0769. The smallest absolute Gasteiger partial charge is 0.306 e. The molecule has 0 bridgehead atoms. The van der Waals surface area contributed by atoms with Crippen LogP contribution in [-0.2, 0) is 28.6 Å². The average molecular weight is 1100 g/mol. The van der Waals surface area contributed by atoms with Gasteiger partial charge in [-0.25, -0.2) is 0 Å². The summed E-state index contributed by atoms with van der Waals surface area (Å²) < 4.78 is 16.9. The Morgan fingerprint density at radius 1 is 0.266 bits per heavy atom. The van der Waals surface area contributed by atoms with Crippen molar-refractivity contribution in [1.29, 1.82) is 0 Å². The average Bonchev–Trinajstić information content (AvgIpc) is 3.45. The first-order chi connectivity index (χ1) is 39.0. The van der Waals surface area contributed by atoms with Crippen LogP contribution in [0.1, 0.15) is 355 Å². The van der Waals surface area contributed by atoms with Crippen LogP contribution >= 0.6 is 0 Å². The third-order valence-electron chi connectivity index (χ3n) is 15.2. The topological polar surface area (TPSA) is 78.9 Å². The molecule has 0 heterocycles. The lowest BCUT2D eigenvalue weighted by atomic mass is 10.0. The maximum atomic E-state index is 12.9. The molecule has 6 nitrogen and oxygen atoms in total. The van der Waals surface area contributed by atoms with Crippen molar-refractivity contribution in [2.75, 3.05) is 13.2 Å². The molecular weight excluding hydrogens is 973 g/mol. The van der Waals surface area contributed by atoms with E-state index in [0.29, 0.717) is 19.3 Å². The number of hydrogen-bond acceptors (Lipinski definition) is 6. The Bertz CT molecular complexity index is 1450. The number of hydrogen-bond donors (Lipinski definition) is 0. The minimum atomic E-state index is -0.781. The van der Waals surface area contributed by atoms with Gasteiger partial charge in [0.25, 0.3) is 0 Å². The lowest BCUT2D eigenvalue weighted by Gasteiger charge is -2.18. The Balaban J connectivity index is 4.21. The predicted octanol–water partition coefficient (Wildman–Crippen LogP) is 23.7. The van der Waals surface area contributed by atoms with Crippen LogP contribution in [0.2, 0.25) is 0 Å². The van der Waals surface area contributed by atoms with Gasteiger partial charge < -0.3 is 14.2 Å². The normalized spacial score (nSPS) is 12.5. The summed E-state index contributed by atoms with van der Waals surface area (Å²) in [5, 5.41) is 0. The second kappa shape index (κ2) is 67.4. The molecular formula is C73H130O6.